The van der Waals surface area contributed by atoms with Gasteiger partial charge in [0, 0.05) is 18.4 Å². The molecule has 3 rings (SSSR count). The molecule has 17 heavy (non-hydrogen) atoms. The van der Waals surface area contributed by atoms with Crippen LogP contribution in [0.1, 0.15) is 58.9 Å². The zero-order chi connectivity index (χ0) is 12.2. The Morgan fingerprint density at radius 3 is 2.76 bits per heavy atom. The number of carbonyl (C=O) groups is 1. The predicted molar refractivity (Wildman–Crippen MR) is 65.5 cm³/mol. The molecule has 0 radical (unpaired) electrons. The van der Waals surface area contributed by atoms with Crippen LogP contribution in [-0.4, -0.2) is 15.6 Å². The highest BCUT2D eigenvalue weighted by molar-refractivity contribution is 5.92. The molecule has 1 N–H and O–H groups in total. The van der Waals surface area contributed by atoms with E-state index in [1.54, 1.807) is 0 Å². The lowest BCUT2D eigenvalue weighted by molar-refractivity contribution is 0.0694. The molecular weight excluding hydrogens is 214 g/mol. The number of hydrogen-bond donors (Lipinski definition) is 1. The van der Waals surface area contributed by atoms with Crippen LogP contribution in [-0.2, 0) is 13.5 Å². The van der Waals surface area contributed by atoms with E-state index in [4.69, 9.17) is 0 Å². The second-order valence-corrected chi connectivity index (χ2v) is 5.54. The summed E-state index contributed by atoms with van der Waals surface area (Å²) in [7, 11) is 2.01. The second-order valence-electron chi connectivity index (χ2n) is 5.54. The van der Waals surface area contributed by atoms with Gasteiger partial charge in [-0.1, -0.05) is 12.8 Å². The molecule has 2 atom stereocenters. The highest BCUT2D eigenvalue weighted by Gasteiger charge is 2.40. The molecule has 0 bridgehead atoms. The van der Waals surface area contributed by atoms with Gasteiger partial charge in [0.25, 0.3) is 0 Å². The van der Waals surface area contributed by atoms with Crippen molar-refractivity contribution < 1.29 is 9.90 Å². The van der Waals surface area contributed by atoms with Crippen LogP contribution in [0.5, 0.6) is 0 Å². The summed E-state index contributed by atoms with van der Waals surface area (Å²) in [5.41, 5.74) is 3.97. The Morgan fingerprint density at radius 1 is 1.35 bits per heavy atom. The summed E-state index contributed by atoms with van der Waals surface area (Å²) >= 11 is 0. The molecule has 92 valence electrons. The Labute approximate surface area is 101 Å². The van der Waals surface area contributed by atoms with Crippen molar-refractivity contribution in [1.82, 2.24) is 4.57 Å². The topological polar surface area (TPSA) is 42.2 Å². The predicted octanol–water partition coefficient (Wildman–Crippen LogP) is 2.86. The maximum Gasteiger partial charge on any atom is 0.337 e. The molecule has 1 fully saturated rings. The molecule has 2 aliphatic rings. The molecule has 0 spiro atoms. The Balaban J connectivity index is 2.16. The molecule has 0 aliphatic heterocycles. The van der Waals surface area contributed by atoms with Crippen molar-refractivity contribution >= 4 is 5.97 Å². The summed E-state index contributed by atoms with van der Waals surface area (Å²) in [5.74, 6) is 0.481. The maximum absolute atomic E-state index is 11.5. The lowest BCUT2D eigenvalue weighted by Crippen LogP contribution is -2.16. The maximum atomic E-state index is 11.5. The summed E-state index contributed by atoms with van der Waals surface area (Å²) in [6.45, 7) is 1.93. The molecule has 1 aromatic rings. The van der Waals surface area contributed by atoms with Crippen molar-refractivity contribution in [2.75, 3.05) is 0 Å². The van der Waals surface area contributed by atoms with E-state index >= 15 is 0 Å². The summed E-state index contributed by atoms with van der Waals surface area (Å²) in [6.07, 6.45) is 6.12. The number of carboxylic acids is 1. The Hall–Kier alpha value is -1.25. The molecule has 3 heteroatoms. The third kappa shape index (κ3) is 1.38. The summed E-state index contributed by atoms with van der Waals surface area (Å²) in [4.78, 5) is 11.5. The standard InChI is InChI=1S/C14H19NO2/c1-8-12(14(16)17)13-10-6-4-3-5-9(10)7-11(13)15(8)2/h9-10H,3-7H2,1-2H3,(H,16,17). The van der Waals surface area contributed by atoms with Gasteiger partial charge in [-0.25, -0.2) is 4.79 Å². The Kier molecular flexibility index (Phi) is 2.32. The van der Waals surface area contributed by atoms with E-state index in [1.807, 2.05) is 14.0 Å². The number of nitrogens with zero attached hydrogens (tertiary/aromatic N) is 1. The number of aromatic nitrogens is 1. The van der Waals surface area contributed by atoms with E-state index in [0.29, 0.717) is 17.4 Å². The van der Waals surface area contributed by atoms with Crippen molar-refractivity contribution in [3.63, 3.8) is 0 Å². The average Bonchev–Trinajstić information content (AvgIpc) is 2.77. The smallest absolute Gasteiger partial charge is 0.337 e. The number of aromatic carboxylic acids is 1. The third-order valence-electron chi connectivity index (χ3n) is 4.80. The van der Waals surface area contributed by atoms with Crippen LogP contribution >= 0.6 is 0 Å². The summed E-state index contributed by atoms with van der Waals surface area (Å²) in [5, 5.41) is 9.42. The van der Waals surface area contributed by atoms with Crippen LogP contribution in [0.2, 0.25) is 0 Å². The molecular formula is C14H19NO2. The minimum absolute atomic E-state index is 0.518. The molecule has 2 aliphatic carbocycles. The lowest BCUT2D eigenvalue weighted by Gasteiger charge is -2.26. The van der Waals surface area contributed by atoms with Crippen LogP contribution < -0.4 is 0 Å². The van der Waals surface area contributed by atoms with Gasteiger partial charge in [-0.05, 0) is 43.6 Å². The molecule has 0 aromatic carbocycles. The zero-order valence-electron chi connectivity index (χ0n) is 10.5. The van der Waals surface area contributed by atoms with Gasteiger partial charge in [0.15, 0.2) is 0 Å². The molecule has 2 unspecified atom stereocenters. The highest BCUT2D eigenvalue weighted by Crippen LogP contribution is 2.49. The normalized spacial score (nSPS) is 26.7. The van der Waals surface area contributed by atoms with E-state index < -0.39 is 5.97 Å². The fraction of sp³-hybridized carbons (Fsp3) is 0.643. The average molecular weight is 233 g/mol. The molecule has 3 nitrogen and oxygen atoms in total. The Bertz CT molecular complexity index is 487. The first-order valence-corrected chi connectivity index (χ1v) is 6.52. The molecule has 0 amide bonds. The monoisotopic (exact) mass is 233 g/mol. The molecule has 1 saturated carbocycles. The van der Waals surface area contributed by atoms with Gasteiger partial charge in [0.1, 0.15) is 0 Å². The van der Waals surface area contributed by atoms with E-state index in [9.17, 15) is 9.90 Å². The minimum atomic E-state index is -0.745. The van der Waals surface area contributed by atoms with E-state index in [-0.39, 0.29) is 0 Å². The summed E-state index contributed by atoms with van der Waals surface area (Å²) < 4.78 is 2.11. The van der Waals surface area contributed by atoms with Crippen molar-refractivity contribution in [3.05, 3.63) is 22.5 Å². The fourth-order valence-corrected chi connectivity index (χ4v) is 3.89. The van der Waals surface area contributed by atoms with E-state index in [0.717, 1.165) is 12.1 Å². The van der Waals surface area contributed by atoms with Crippen LogP contribution in [0.25, 0.3) is 0 Å². The number of hydrogen-bond acceptors (Lipinski definition) is 1. The molecule has 1 aromatic heterocycles. The zero-order valence-corrected chi connectivity index (χ0v) is 10.5. The van der Waals surface area contributed by atoms with Gasteiger partial charge in [0.05, 0.1) is 5.56 Å². The van der Waals surface area contributed by atoms with E-state index in [1.165, 1.54) is 36.9 Å². The molecule has 1 heterocycles. The first kappa shape index (κ1) is 10.9. The van der Waals surface area contributed by atoms with Gasteiger partial charge in [-0.2, -0.15) is 0 Å². The Morgan fingerprint density at radius 2 is 2.06 bits per heavy atom. The van der Waals surface area contributed by atoms with Crippen LogP contribution in [0.3, 0.4) is 0 Å². The van der Waals surface area contributed by atoms with Gasteiger partial charge >= 0.3 is 5.97 Å². The van der Waals surface area contributed by atoms with E-state index in [2.05, 4.69) is 4.57 Å². The first-order valence-electron chi connectivity index (χ1n) is 6.52. The fourth-order valence-electron chi connectivity index (χ4n) is 3.89. The quantitative estimate of drug-likeness (QED) is 0.810. The van der Waals surface area contributed by atoms with Crippen molar-refractivity contribution in [2.45, 2.75) is 44.9 Å². The van der Waals surface area contributed by atoms with Gasteiger partial charge < -0.3 is 9.67 Å². The van der Waals surface area contributed by atoms with Gasteiger partial charge in [-0.3, -0.25) is 0 Å². The van der Waals surface area contributed by atoms with Crippen molar-refractivity contribution in [3.8, 4) is 0 Å². The van der Waals surface area contributed by atoms with Crippen LogP contribution in [0, 0.1) is 12.8 Å². The SMILES string of the molecule is Cc1c(C(=O)O)c2c(n1C)CC1CCCCC21. The van der Waals surface area contributed by atoms with Crippen LogP contribution in [0.4, 0.5) is 0 Å². The highest BCUT2D eigenvalue weighted by atomic mass is 16.4. The molecule has 0 saturated heterocycles. The third-order valence-corrected chi connectivity index (χ3v) is 4.80. The number of rotatable bonds is 1. The van der Waals surface area contributed by atoms with Crippen molar-refractivity contribution in [1.29, 1.82) is 0 Å². The van der Waals surface area contributed by atoms with Crippen LogP contribution in [0.15, 0.2) is 0 Å². The summed E-state index contributed by atoms with van der Waals surface area (Å²) in [6, 6.07) is 0. The second kappa shape index (κ2) is 3.62. The number of carboxylic acid groups (broad SMARTS) is 1. The first-order chi connectivity index (χ1) is 8.11. The number of fused-ring (bicyclic) bond motifs is 3. The van der Waals surface area contributed by atoms with Gasteiger partial charge in [0.2, 0.25) is 0 Å². The van der Waals surface area contributed by atoms with Crippen molar-refractivity contribution in [2.24, 2.45) is 13.0 Å². The van der Waals surface area contributed by atoms with Gasteiger partial charge in [-0.15, -0.1) is 0 Å². The largest absolute Gasteiger partial charge is 0.478 e. The minimum Gasteiger partial charge on any atom is -0.478 e. The lowest BCUT2D eigenvalue weighted by atomic mass is 9.79.